The Morgan fingerprint density at radius 3 is 2.35 bits per heavy atom. The van der Waals surface area contributed by atoms with E-state index in [1.54, 1.807) is 18.2 Å². The second-order valence-electron chi connectivity index (χ2n) is 5.13. The molecule has 1 N–H and O–H groups in total. The van der Waals surface area contributed by atoms with Crippen molar-refractivity contribution in [3.05, 3.63) is 58.1 Å². The first-order chi connectivity index (χ1) is 11.0. The predicted molar refractivity (Wildman–Crippen MR) is 95.6 cm³/mol. The van der Waals surface area contributed by atoms with Crippen molar-refractivity contribution in [2.75, 3.05) is 5.32 Å². The van der Waals surface area contributed by atoms with Crippen LogP contribution in [0.3, 0.4) is 0 Å². The van der Waals surface area contributed by atoms with Crippen LogP contribution >= 0.6 is 23.2 Å². The number of hydrogen-bond donors (Lipinski definition) is 1. The molecule has 23 heavy (non-hydrogen) atoms. The lowest BCUT2D eigenvalue weighted by molar-refractivity contribution is -0.122. The first-order valence-electron chi connectivity index (χ1n) is 7.55. The van der Waals surface area contributed by atoms with Gasteiger partial charge in [0.2, 0.25) is 0 Å². The van der Waals surface area contributed by atoms with E-state index in [0.717, 1.165) is 6.42 Å². The molecule has 3 nitrogen and oxygen atoms in total. The molecule has 0 aliphatic rings. The Kier molecular flexibility index (Phi) is 6.31. The van der Waals surface area contributed by atoms with Crippen LogP contribution in [0.25, 0.3) is 0 Å². The summed E-state index contributed by atoms with van der Waals surface area (Å²) in [6.07, 6.45) is 0.953. The second-order valence-corrected chi connectivity index (χ2v) is 5.94. The fourth-order valence-electron chi connectivity index (χ4n) is 2.09. The van der Waals surface area contributed by atoms with Crippen molar-refractivity contribution in [3.63, 3.8) is 0 Å². The lowest BCUT2D eigenvalue weighted by atomic mass is 10.1. The number of benzene rings is 2. The van der Waals surface area contributed by atoms with Gasteiger partial charge in [0.05, 0.1) is 10.0 Å². The molecule has 0 radical (unpaired) electrons. The number of ether oxygens (including phenoxy) is 1. The third-order valence-electron chi connectivity index (χ3n) is 3.46. The molecule has 0 aromatic heterocycles. The van der Waals surface area contributed by atoms with E-state index >= 15 is 0 Å². The third-order valence-corrected chi connectivity index (χ3v) is 4.20. The highest BCUT2D eigenvalue weighted by atomic mass is 35.5. The van der Waals surface area contributed by atoms with Gasteiger partial charge in [-0.3, -0.25) is 4.79 Å². The summed E-state index contributed by atoms with van der Waals surface area (Å²) in [5.74, 6) is 0.462. The van der Waals surface area contributed by atoms with Gasteiger partial charge in [0.25, 0.3) is 5.91 Å². The average molecular weight is 352 g/mol. The molecule has 2 aromatic rings. The maximum atomic E-state index is 12.4. The Morgan fingerprint density at radius 1 is 1.09 bits per heavy atom. The summed E-state index contributed by atoms with van der Waals surface area (Å²) in [7, 11) is 0. The van der Waals surface area contributed by atoms with Gasteiger partial charge in [0.1, 0.15) is 5.75 Å². The van der Waals surface area contributed by atoms with Crippen LogP contribution in [0.15, 0.2) is 42.5 Å². The smallest absolute Gasteiger partial charge is 0.265 e. The minimum Gasteiger partial charge on any atom is -0.481 e. The molecule has 0 bridgehead atoms. The molecule has 0 fully saturated rings. The third kappa shape index (κ3) is 4.88. The van der Waals surface area contributed by atoms with Crippen LogP contribution in [0.4, 0.5) is 5.69 Å². The number of amides is 1. The molecule has 1 amide bonds. The van der Waals surface area contributed by atoms with E-state index in [9.17, 15) is 4.79 Å². The van der Waals surface area contributed by atoms with Crippen molar-refractivity contribution in [1.82, 2.24) is 0 Å². The summed E-state index contributed by atoms with van der Waals surface area (Å²) < 4.78 is 5.78. The lowest BCUT2D eigenvalue weighted by Gasteiger charge is -2.17. The highest BCUT2D eigenvalue weighted by molar-refractivity contribution is 6.42. The first-order valence-corrected chi connectivity index (χ1v) is 8.30. The van der Waals surface area contributed by atoms with Gasteiger partial charge in [0, 0.05) is 5.69 Å². The summed E-state index contributed by atoms with van der Waals surface area (Å²) in [4.78, 5) is 12.4. The maximum absolute atomic E-state index is 12.4. The van der Waals surface area contributed by atoms with Crippen LogP contribution in [0.5, 0.6) is 5.75 Å². The number of anilines is 1. The fraction of sp³-hybridized carbons (Fsp3) is 0.278. The van der Waals surface area contributed by atoms with E-state index in [4.69, 9.17) is 27.9 Å². The van der Waals surface area contributed by atoms with Gasteiger partial charge in [-0.2, -0.15) is 0 Å². The van der Waals surface area contributed by atoms with Crippen LogP contribution < -0.4 is 10.1 Å². The number of rotatable bonds is 6. The monoisotopic (exact) mass is 351 g/mol. The minimum absolute atomic E-state index is 0.217. The molecule has 0 aliphatic heterocycles. The van der Waals surface area contributed by atoms with Gasteiger partial charge in [-0.05, 0) is 48.7 Å². The van der Waals surface area contributed by atoms with Gasteiger partial charge in [0.15, 0.2) is 6.10 Å². The molecule has 5 heteroatoms. The average Bonchev–Trinajstić information content (AvgIpc) is 2.56. The summed E-state index contributed by atoms with van der Waals surface area (Å²) in [5, 5.41) is 3.64. The molecule has 0 aliphatic carbocycles. The van der Waals surface area contributed by atoms with Gasteiger partial charge in [-0.1, -0.05) is 49.2 Å². The minimum atomic E-state index is -0.572. The summed E-state index contributed by atoms with van der Waals surface area (Å²) in [5.41, 5.74) is 1.82. The Labute approximate surface area is 146 Å². The van der Waals surface area contributed by atoms with Crippen LogP contribution in [-0.4, -0.2) is 12.0 Å². The van der Waals surface area contributed by atoms with Crippen molar-refractivity contribution in [2.24, 2.45) is 0 Å². The number of carbonyl (C=O) groups is 1. The van der Waals surface area contributed by atoms with Gasteiger partial charge >= 0.3 is 0 Å². The van der Waals surface area contributed by atoms with Crippen LogP contribution in [0, 0.1) is 0 Å². The standard InChI is InChI=1S/C18H19Cl2NO2/c1-3-12-5-8-14(9-6-12)23-17(4-2)18(22)21-13-7-10-15(19)16(20)11-13/h5-11,17H,3-4H2,1-2H3,(H,21,22)/t17-/m1/s1. The van der Waals surface area contributed by atoms with E-state index in [1.807, 2.05) is 31.2 Å². The molecule has 122 valence electrons. The zero-order chi connectivity index (χ0) is 16.8. The van der Waals surface area contributed by atoms with Crippen molar-refractivity contribution in [2.45, 2.75) is 32.8 Å². The zero-order valence-electron chi connectivity index (χ0n) is 13.1. The van der Waals surface area contributed by atoms with E-state index in [-0.39, 0.29) is 5.91 Å². The van der Waals surface area contributed by atoms with Crippen molar-refractivity contribution < 1.29 is 9.53 Å². The van der Waals surface area contributed by atoms with Gasteiger partial charge in [-0.15, -0.1) is 0 Å². The van der Waals surface area contributed by atoms with Crippen molar-refractivity contribution >= 4 is 34.8 Å². The van der Waals surface area contributed by atoms with E-state index in [2.05, 4.69) is 12.2 Å². The molecule has 1 atom stereocenters. The van der Waals surface area contributed by atoms with Crippen LogP contribution in [0.2, 0.25) is 10.0 Å². The largest absolute Gasteiger partial charge is 0.481 e. The Balaban J connectivity index is 2.03. The van der Waals surface area contributed by atoms with Crippen molar-refractivity contribution in [3.8, 4) is 5.75 Å². The number of nitrogens with one attached hydrogen (secondary N) is 1. The quantitative estimate of drug-likeness (QED) is 0.761. The molecule has 0 unspecified atom stereocenters. The molecule has 2 aromatic carbocycles. The zero-order valence-corrected chi connectivity index (χ0v) is 14.6. The van der Waals surface area contributed by atoms with E-state index < -0.39 is 6.10 Å². The Hall–Kier alpha value is -1.71. The van der Waals surface area contributed by atoms with Crippen LogP contribution in [0.1, 0.15) is 25.8 Å². The molecule has 0 spiro atoms. The highest BCUT2D eigenvalue weighted by Crippen LogP contribution is 2.25. The SMILES string of the molecule is CCc1ccc(O[C@H](CC)C(=O)Nc2ccc(Cl)c(Cl)c2)cc1. The number of hydrogen-bond acceptors (Lipinski definition) is 2. The Bertz CT molecular complexity index is 671. The molecular weight excluding hydrogens is 333 g/mol. The van der Waals surface area contributed by atoms with Gasteiger partial charge < -0.3 is 10.1 Å². The predicted octanol–water partition coefficient (Wildman–Crippen LogP) is 5.35. The summed E-state index contributed by atoms with van der Waals surface area (Å²) in [6, 6.07) is 12.7. The highest BCUT2D eigenvalue weighted by Gasteiger charge is 2.18. The lowest BCUT2D eigenvalue weighted by Crippen LogP contribution is -2.32. The normalized spacial score (nSPS) is 11.8. The summed E-state index contributed by atoms with van der Waals surface area (Å²) >= 11 is 11.8. The molecule has 0 saturated carbocycles. The van der Waals surface area contributed by atoms with Crippen molar-refractivity contribution in [1.29, 1.82) is 0 Å². The number of aryl methyl sites for hydroxylation is 1. The van der Waals surface area contributed by atoms with E-state index in [1.165, 1.54) is 5.56 Å². The van der Waals surface area contributed by atoms with Crippen LogP contribution in [-0.2, 0) is 11.2 Å². The summed E-state index contributed by atoms with van der Waals surface area (Å²) in [6.45, 7) is 3.99. The van der Waals surface area contributed by atoms with Gasteiger partial charge in [-0.25, -0.2) is 0 Å². The maximum Gasteiger partial charge on any atom is 0.265 e. The van der Waals surface area contributed by atoms with E-state index in [0.29, 0.717) is 27.9 Å². The molecule has 0 saturated heterocycles. The first kappa shape index (κ1) is 17.6. The Morgan fingerprint density at radius 2 is 1.78 bits per heavy atom. The molecule has 0 heterocycles. The second kappa shape index (κ2) is 8.23. The topological polar surface area (TPSA) is 38.3 Å². The molecule has 2 rings (SSSR count). The number of carbonyl (C=O) groups excluding carboxylic acids is 1. The fourth-order valence-corrected chi connectivity index (χ4v) is 2.38. The number of halogens is 2. The molecular formula is C18H19Cl2NO2.